The maximum atomic E-state index is 4.72. The Bertz CT molecular complexity index is 576. The standard InChI is InChI=1S/C17H23N3S/c1-5-18-15-11-14(13-9-7-6-8-10-13)19-16(20-15)12-21-17(2,3)4/h6-11H,5,12H2,1-4H3,(H,18,19,20). The lowest BCUT2D eigenvalue weighted by Gasteiger charge is -2.17. The Labute approximate surface area is 131 Å². The molecule has 1 heterocycles. The Balaban J connectivity index is 2.30. The van der Waals surface area contributed by atoms with Crippen LogP contribution in [0.4, 0.5) is 5.82 Å². The van der Waals surface area contributed by atoms with Gasteiger partial charge in [-0.05, 0) is 6.92 Å². The molecule has 0 aliphatic rings. The van der Waals surface area contributed by atoms with Crippen LogP contribution in [0.2, 0.25) is 0 Å². The Hall–Kier alpha value is -1.55. The minimum atomic E-state index is 0.213. The van der Waals surface area contributed by atoms with Gasteiger partial charge in [-0.15, -0.1) is 11.8 Å². The van der Waals surface area contributed by atoms with Crippen molar-refractivity contribution in [1.29, 1.82) is 0 Å². The van der Waals surface area contributed by atoms with Crippen molar-refractivity contribution in [3.63, 3.8) is 0 Å². The van der Waals surface area contributed by atoms with E-state index < -0.39 is 0 Å². The first-order chi connectivity index (χ1) is 9.98. The van der Waals surface area contributed by atoms with Gasteiger partial charge in [-0.3, -0.25) is 0 Å². The summed E-state index contributed by atoms with van der Waals surface area (Å²) in [6.45, 7) is 9.57. The molecule has 21 heavy (non-hydrogen) atoms. The largest absolute Gasteiger partial charge is 0.370 e. The third kappa shape index (κ3) is 5.05. The predicted octanol–water partition coefficient (Wildman–Crippen LogP) is 4.61. The highest BCUT2D eigenvalue weighted by atomic mass is 32.2. The number of hydrogen-bond acceptors (Lipinski definition) is 4. The summed E-state index contributed by atoms with van der Waals surface area (Å²) in [5, 5.41) is 3.29. The highest BCUT2D eigenvalue weighted by molar-refractivity contribution is 7.99. The lowest BCUT2D eigenvalue weighted by Crippen LogP contribution is -2.10. The molecule has 1 aromatic heterocycles. The lowest BCUT2D eigenvalue weighted by atomic mass is 10.1. The van der Waals surface area contributed by atoms with Crippen molar-refractivity contribution >= 4 is 17.6 Å². The second kappa shape index (κ2) is 6.94. The normalized spacial score (nSPS) is 11.4. The quantitative estimate of drug-likeness (QED) is 0.875. The maximum absolute atomic E-state index is 4.72. The van der Waals surface area contributed by atoms with Crippen LogP contribution >= 0.6 is 11.8 Å². The summed E-state index contributed by atoms with van der Waals surface area (Å²) in [5.74, 6) is 2.60. The number of rotatable bonds is 5. The molecule has 1 aromatic carbocycles. The van der Waals surface area contributed by atoms with Gasteiger partial charge >= 0.3 is 0 Å². The number of aromatic nitrogens is 2. The SMILES string of the molecule is CCNc1cc(-c2ccccc2)nc(CSC(C)(C)C)n1. The summed E-state index contributed by atoms with van der Waals surface area (Å²) < 4.78 is 0.213. The van der Waals surface area contributed by atoms with E-state index in [0.29, 0.717) is 0 Å². The van der Waals surface area contributed by atoms with E-state index in [1.54, 1.807) is 0 Å². The van der Waals surface area contributed by atoms with Gasteiger partial charge in [0.25, 0.3) is 0 Å². The zero-order valence-electron chi connectivity index (χ0n) is 13.2. The van der Waals surface area contributed by atoms with Crippen LogP contribution in [0.3, 0.4) is 0 Å². The molecular formula is C17H23N3S. The first-order valence-electron chi connectivity index (χ1n) is 7.29. The van der Waals surface area contributed by atoms with E-state index in [2.05, 4.69) is 50.1 Å². The van der Waals surface area contributed by atoms with Crippen molar-refractivity contribution in [3.05, 3.63) is 42.2 Å². The van der Waals surface area contributed by atoms with Crippen molar-refractivity contribution in [2.75, 3.05) is 11.9 Å². The average molecular weight is 301 g/mol. The van der Waals surface area contributed by atoms with Crippen molar-refractivity contribution < 1.29 is 0 Å². The summed E-state index contributed by atoms with van der Waals surface area (Å²) in [6, 6.07) is 12.3. The minimum absolute atomic E-state index is 0.213. The number of anilines is 1. The molecule has 2 rings (SSSR count). The van der Waals surface area contributed by atoms with Crippen LogP contribution in [0.1, 0.15) is 33.5 Å². The zero-order valence-corrected chi connectivity index (χ0v) is 14.0. The van der Waals surface area contributed by atoms with Crippen molar-refractivity contribution in [1.82, 2.24) is 9.97 Å². The van der Waals surface area contributed by atoms with Gasteiger partial charge in [-0.25, -0.2) is 9.97 Å². The molecule has 0 spiro atoms. The van der Waals surface area contributed by atoms with E-state index in [9.17, 15) is 0 Å². The number of nitrogens with zero attached hydrogens (tertiary/aromatic N) is 2. The van der Waals surface area contributed by atoms with Gasteiger partial charge in [0.15, 0.2) is 0 Å². The summed E-state index contributed by atoms with van der Waals surface area (Å²) in [4.78, 5) is 9.33. The summed E-state index contributed by atoms with van der Waals surface area (Å²) in [5.41, 5.74) is 2.10. The average Bonchev–Trinajstić information content (AvgIpc) is 2.46. The minimum Gasteiger partial charge on any atom is -0.370 e. The fraction of sp³-hybridized carbons (Fsp3) is 0.412. The molecular weight excluding hydrogens is 278 g/mol. The van der Waals surface area contributed by atoms with Crippen molar-refractivity contribution in [2.45, 2.75) is 38.2 Å². The van der Waals surface area contributed by atoms with Gasteiger partial charge in [0, 0.05) is 22.9 Å². The molecule has 0 aliphatic heterocycles. The molecule has 0 amide bonds. The fourth-order valence-corrected chi connectivity index (χ4v) is 2.56. The zero-order chi connectivity index (χ0) is 15.3. The molecule has 1 N–H and O–H groups in total. The van der Waals surface area contributed by atoms with Crippen LogP contribution in [-0.4, -0.2) is 21.3 Å². The lowest BCUT2D eigenvalue weighted by molar-refractivity contribution is 0.800. The number of hydrogen-bond donors (Lipinski definition) is 1. The molecule has 0 bridgehead atoms. The fourth-order valence-electron chi connectivity index (χ4n) is 1.87. The highest BCUT2D eigenvalue weighted by Gasteiger charge is 2.13. The molecule has 0 aliphatic carbocycles. The second-order valence-electron chi connectivity index (χ2n) is 5.85. The van der Waals surface area contributed by atoms with E-state index in [1.807, 2.05) is 36.0 Å². The Morgan fingerprint density at radius 1 is 1.10 bits per heavy atom. The van der Waals surface area contributed by atoms with Crippen LogP contribution in [0.25, 0.3) is 11.3 Å². The second-order valence-corrected chi connectivity index (χ2v) is 7.65. The maximum Gasteiger partial charge on any atom is 0.141 e. The van der Waals surface area contributed by atoms with Crippen molar-refractivity contribution in [3.8, 4) is 11.3 Å². The molecule has 0 atom stereocenters. The first kappa shape index (κ1) is 15.8. The monoisotopic (exact) mass is 301 g/mol. The first-order valence-corrected chi connectivity index (χ1v) is 8.28. The van der Waals surface area contributed by atoms with Gasteiger partial charge in [-0.2, -0.15) is 0 Å². The Morgan fingerprint density at radius 3 is 2.43 bits per heavy atom. The van der Waals surface area contributed by atoms with Gasteiger partial charge in [-0.1, -0.05) is 51.1 Å². The third-order valence-corrected chi connectivity index (χ3v) is 4.10. The van der Waals surface area contributed by atoms with Gasteiger partial charge in [0.05, 0.1) is 11.4 Å². The molecule has 0 saturated carbocycles. The van der Waals surface area contributed by atoms with Crippen LogP contribution in [0, 0.1) is 0 Å². The highest BCUT2D eigenvalue weighted by Crippen LogP contribution is 2.27. The van der Waals surface area contributed by atoms with Crippen molar-refractivity contribution in [2.24, 2.45) is 0 Å². The van der Waals surface area contributed by atoms with Gasteiger partial charge < -0.3 is 5.32 Å². The van der Waals surface area contributed by atoms with E-state index in [1.165, 1.54) is 0 Å². The van der Waals surface area contributed by atoms with E-state index >= 15 is 0 Å². The smallest absolute Gasteiger partial charge is 0.141 e. The van der Waals surface area contributed by atoms with Gasteiger partial charge in [0.2, 0.25) is 0 Å². The van der Waals surface area contributed by atoms with E-state index in [-0.39, 0.29) is 4.75 Å². The third-order valence-electron chi connectivity index (χ3n) is 2.83. The topological polar surface area (TPSA) is 37.8 Å². The Morgan fingerprint density at radius 2 is 1.81 bits per heavy atom. The number of thioether (sulfide) groups is 1. The molecule has 0 unspecified atom stereocenters. The van der Waals surface area contributed by atoms with Crippen LogP contribution in [0.5, 0.6) is 0 Å². The van der Waals surface area contributed by atoms with Crippen LogP contribution in [0.15, 0.2) is 36.4 Å². The summed E-state index contributed by atoms with van der Waals surface area (Å²) in [6.07, 6.45) is 0. The predicted molar refractivity (Wildman–Crippen MR) is 92.7 cm³/mol. The summed E-state index contributed by atoms with van der Waals surface area (Å²) in [7, 11) is 0. The van der Waals surface area contributed by atoms with Crippen LogP contribution < -0.4 is 5.32 Å². The number of nitrogens with one attached hydrogen (secondary N) is 1. The molecule has 2 aromatic rings. The molecule has 0 saturated heterocycles. The van der Waals surface area contributed by atoms with E-state index in [4.69, 9.17) is 4.98 Å². The molecule has 3 nitrogen and oxygen atoms in total. The molecule has 112 valence electrons. The summed E-state index contributed by atoms with van der Waals surface area (Å²) >= 11 is 1.86. The van der Waals surface area contributed by atoms with Crippen LogP contribution in [-0.2, 0) is 5.75 Å². The molecule has 0 radical (unpaired) electrons. The van der Waals surface area contributed by atoms with E-state index in [0.717, 1.165) is 35.2 Å². The molecule has 0 fully saturated rings. The van der Waals surface area contributed by atoms with Gasteiger partial charge in [0.1, 0.15) is 11.6 Å². The molecule has 4 heteroatoms. The number of benzene rings is 1. The Kier molecular flexibility index (Phi) is 5.23.